The summed E-state index contributed by atoms with van der Waals surface area (Å²) in [6.07, 6.45) is -4.52. The Bertz CT molecular complexity index is 233. The molecule has 0 aromatic carbocycles. The summed E-state index contributed by atoms with van der Waals surface area (Å²) < 4.78 is 37.4. The summed E-state index contributed by atoms with van der Waals surface area (Å²) in [7, 11) is 0. The zero-order valence-electron chi connectivity index (χ0n) is 9.70. The molecule has 15 heavy (non-hydrogen) atoms. The number of hydrogen-bond donors (Lipinski definition) is 1. The monoisotopic (exact) mass is 225 g/mol. The van der Waals surface area contributed by atoms with E-state index in [0.717, 1.165) is 13.8 Å². The van der Waals surface area contributed by atoms with Crippen molar-refractivity contribution in [3.8, 4) is 0 Å². The Labute approximate surface area is 88.2 Å². The van der Waals surface area contributed by atoms with Crippen molar-refractivity contribution in [2.24, 2.45) is 11.3 Å². The van der Waals surface area contributed by atoms with E-state index in [4.69, 9.17) is 0 Å². The molecule has 0 unspecified atom stereocenters. The van der Waals surface area contributed by atoms with Crippen molar-refractivity contribution in [3.63, 3.8) is 0 Å². The number of alkyl halides is 3. The zero-order chi connectivity index (χ0) is 12.4. The highest BCUT2D eigenvalue weighted by atomic mass is 19.4. The largest absolute Gasteiger partial charge is 0.402 e. The smallest absolute Gasteiger partial charge is 0.353 e. The van der Waals surface area contributed by atoms with Crippen molar-refractivity contribution in [2.75, 3.05) is 0 Å². The molecule has 0 fully saturated rings. The van der Waals surface area contributed by atoms with Gasteiger partial charge >= 0.3 is 6.18 Å². The van der Waals surface area contributed by atoms with Gasteiger partial charge in [-0.25, -0.2) is 0 Å². The van der Waals surface area contributed by atoms with Crippen molar-refractivity contribution < 1.29 is 18.0 Å². The normalized spacial score (nSPS) is 15.3. The van der Waals surface area contributed by atoms with E-state index < -0.39 is 17.5 Å². The molecule has 0 saturated carbocycles. The molecule has 0 aromatic rings. The third kappa shape index (κ3) is 3.39. The van der Waals surface area contributed by atoms with Gasteiger partial charge < -0.3 is 5.32 Å². The van der Waals surface area contributed by atoms with Gasteiger partial charge in [-0.05, 0) is 26.7 Å². The Hall–Kier alpha value is -0.740. The Morgan fingerprint density at radius 1 is 1.13 bits per heavy atom. The van der Waals surface area contributed by atoms with Gasteiger partial charge in [-0.2, -0.15) is 13.2 Å². The standard InChI is InChI=1S/C10H18F3NO/c1-6(2)7(3)14-8(15)9(4,5)10(11,12)13/h6-7H,1-5H3,(H,14,15)/t7-/m1/s1. The molecule has 0 saturated heterocycles. The van der Waals surface area contributed by atoms with Gasteiger partial charge in [0.15, 0.2) is 0 Å². The molecule has 1 atom stereocenters. The van der Waals surface area contributed by atoms with Gasteiger partial charge in [-0.1, -0.05) is 13.8 Å². The minimum atomic E-state index is -4.52. The summed E-state index contributed by atoms with van der Waals surface area (Å²) in [4.78, 5) is 11.4. The fourth-order valence-electron chi connectivity index (χ4n) is 0.683. The Kier molecular flexibility index (Phi) is 4.19. The lowest BCUT2D eigenvalue weighted by Crippen LogP contribution is -2.50. The van der Waals surface area contributed by atoms with E-state index in [-0.39, 0.29) is 12.0 Å². The molecule has 0 rings (SSSR count). The number of carbonyl (C=O) groups excluding carboxylic acids is 1. The van der Waals surface area contributed by atoms with E-state index in [1.165, 1.54) is 0 Å². The van der Waals surface area contributed by atoms with Crippen molar-refractivity contribution in [1.29, 1.82) is 0 Å². The van der Waals surface area contributed by atoms with E-state index in [1.807, 2.05) is 13.8 Å². The fourth-order valence-corrected chi connectivity index (χ4v) is 0.683. The molecule has 0 radical (unpaired) electrons. The number of rotatable bonds is 3. The Morgan fingerprint density at radius 3 is 1.80 bits per heavy atom. The highest BCUT2D eigenvalue weighted by molar-refractivity contribution is 5.82. The molecule has 0 spiro atoms. The lowest BCUT2D eigenvalue weighted by atomic mass is 9.90. The second kappa shape index (κ2) is 4.41. The summed E-state index contributed by atoms with van der Waals surface area (Å²) in [5, 5.41) is 2.37. The number of amides is 1. The average molecular weight is 225 g/mol. The van der Waals surface area contributed by atoms with Crippen molar-refractivity contribution in [3.05, 3.63) is 0 Å². The van der Waals surface area contributed by atoms with Crippen LogP contribution in [0.15, 0.2) is 0 Å². The Morgan fingerprint density at radius 2 is 1.53 bits per heavy atom. The van der Waals surface area contributed by atoms with Crippen LogP contribution in [0.3, 0.4) is 0 Å². The van der Waals surface area contributed by atoms with Crippen LogP contribution in [-0.4, -0.2) is 18.1 Å². The summed E-state index contributed by atoms with van der Waals surface area (Å²) in [5.41, 5.74) is -2.34. The molecule has 0 aliphatic rings. The molecular weight excluding hydrogens is 207 g/mol. The summed E-state index contributed by atoms with van der Waals surface area (Å²) >= 11 is 0. The molecular formula is C10H18F3NO. The second-order valence-corrected chi connectivity index (χ2v) is 4.63. The third-order valence-electron chi connectivity index (χ3n) is 2.64. The molecule has 0 bridgehead atoms. The second-order valence-electron chi connectivity index (χ2n) is 4.63. The molecule has 1 N–H and O–H groups in total. The van der Waals surface area contributed by atoms with E-state index in [9.17, 15) is 18.0 Å². The SMILES string of the molecule is CC(C)[C@@H](C)NC(=O)C(C)(C)C(F)(F)F. The van der Waals surface area contributed by atoms with Crippen LogP contribution in [0.25, 0.3) is 0 Å². The van der Waals surface area contributed by atoms with Crippen LogP contribution in [-0.2, 0) is 4.79 Å². The van der Waals surface area contributed by atoms with Gasteiger partial charge in [0.25, 0.3) is 0 Å². The number of hydrogen-bond acceptors (Lipinski definition) is 1. The number of halogens is 3. The van der Waals surface area contributed by atoms with Gasteiger partial charge in [0.2, 0.25) is 5.91 Å². The predicted octanol–water partition coefficient (Wildman–Crippen LogP) is 2.74. The van der Waals surface area contributed by atoms with Crippen LogP contribution in [0.4, 0.5) is 13.2 Å². The number of carbonyl (C=O) groups is 1. The lowest BCUT2D eigenvalue weighted by Gasteiger charge is -2.29. The first-order chi connectivity index (χ1) is 6.50. The molecule has 0 aromatic heterocycles. The first kappa shape index (κ1) is 14.3. The topological polar surface area (TPSA) is 29.1 Å². The maximum Gasteiger partial charge on any atom is 0.402 e. The van der Waals surface area contributed by atoms with Crippen molar-refractivity contribution >= 4 is 5.91 Å². The molecule has 0 aliphatic heterocycles. The van der Waals surface area contributed by atoms with E-state index in [1.54, 1.807) is 6.92 Å². The summed E-state index contributed by atoms with van der Waals surface area (Å²) in [6, 6.07) is -0.265. The lowest BCUT2D eigenvalue weighted by molar-refractivity contribution is -0.211. The zero-order valence-corrected chi connectivity index (χ0v) is 9.70. The van der Waals surface area contributed by atoms with Crippen molar-refractivity contribution in [2.45, 2.75) is 46.8 Å². The number of nitrogens with one attached hydrogen (secondary N) is 1. The van der Waals surface area contributed by atoms with Crippen molar-refractivity contribution in [1.82, 2.24) is 5.32 Å². The minimum absolute atomic E-state index is 0.109. The van der Waals surface area contributed by atoms with E-state index >= 15 is 0 Å². The van der Waals surface area contributed by atoms with Crippen LogP contribution in [0.5, 0.6) is 0 Å². The maximum atomic E-state index is 12.5. The third-order valence-corrected chi connectivity index (χ3v) is 2.64. The highest BCUT2D eigenvalue weighted by Crippen LogP contribution is 2.37. The summed E-state index contributed by atoms with van der Waals surface area (Å²) in [5.74, 6) is -0.866. The summed E-state index contributed by atoms with van der Waals surface area (Å²) in [6.45, 7) is 7.14. The van der Waals surface area contributed by atoms with Crippen LogP contribution in [0, 0.1) is 11.3 Å². The maximum absolute atomic E-state index is 12.5. The van der Waals surface area contributed by atoms with Crippen LogP contribution in [0.1, 0.15) is 34.6 Å². The fraction of sp³-hybridized carbons (Fsp3) is 0.900. The first-order valence-electron chi connectivity index (χ1n) is 4.88. The first-order valence-corrected chi connectivity index (χ1v) is 4.88. The van der Waals surface area contributed by atoms with Gasteiger partial charge in [0.05, 0.1) is 0 Å². The van der Waals surface area contributed by atoms with Gasteiger partial charge in [0.1, 0.15) is 5.41 Å². The quantitative estimate of drug-likeness (QED) is 0.786. The molecule has 90 valence electrons. The highest BCUT2D eigenvalue weighted by Gasteiger charge is 2.53. The van der Waals surface area contributed by atoms with E-state index in [2.05, 4.69) is 5.32 Å². The van der Waals surface area contributed by atoms with E-state index in [0.29, 0.717) is 0 Å². The predicted molar refractivity (Wildman–Crippen MR) is 52.3 cm³/mol. The molecule has 0 aliphatic carbocycles. The van der Waals surface area contributed by atoms with Crippen LogP contribution >= 0.6 is 0 Å². The van der Waals surface area contributed by atoms with Crippen LogP contribution in [0.2, 0.25) is 0 Å². The molecule has 1 amide bonds. The minimum Gasteiger partial charge on any atom is -0.353 e. The average Bonchev–Trinajstić information content (AvgIpc) is 2.01. The van der Waals surface area contributed by atoms with Gasteiger partial charge in [-0.3, -0.25) is 4.79 Å². The van der Waals surface area contributed by atoms with Crippen LogP contribution < -0.4 is 5.32 Å². The van der Waals surface area contributed by atoms with Gasteiger partial charge in [-0.15, -0.1) is 0 Å². The molecule has 0 heterocycles. The van der Waals surface area contributed by atoms with Gasteiger partial charge in [0, 0.05) is 6.04 Å². The Balaban J connectivity index is 4.59. The molecule has 5 heteroatoms. The molecule has 2 nitrogen and oxygen atoms in total.